The van der Waals surface area contributed by atoms with Gasteiger partial charge >= 0.3 is 0 Å². The Balaban J connectivity index is 0. The second kappa shape index (κ2) is 9.53. The minimum absolute atomic E-state index is 0.238. The fraction of sp³-hybridized carbons (Fsp3) is 0.571. The predicted octanol–water partition coefficient (Wildman–Crippen LogP) is 5.53. The topological polar surface area (TPSA) is 20.2 Å². The van der Waals surface area contributed by atoms with Gasteiger partial charge in [-0.15, -0.1) is 0 Å². The van der Waals surface area contributed by atoms with Crippen LogP contribution in [0.5, 0.6) is 5.75 Å². The van der Waals surface area contributed by atoms with Crippen LogP contribution < -0.4 is 0 Å². The molecule has 1 rings (SSSR count). The number of hydrogen-bond acceptors (Lipinski definition) is 1. The predicted molar refractivity (Wildman–Crippen MR) is 74.6 cm³/mol. The standard InChI is InChI=1S/C10H13ClO.2C2H6/c1-6(2)10-7(3)4-8(12)5-9(10)11;2*1-2/h4-6,12H,1-3H3;2*1-2H3. The first-order chi connectivity index (χ1) is 7.52. The number of halogens is 1. The second-order valence-corrected chi connectivity index (χ2v) is 3.72. The van der Waals surface area contributed by atoms with E-state index in [2.05, 4.69) is 13.8 Å². The lowest BCUT2D eigenvalue weighted by Gasteiger charge is -2.11. The third-order valence-electron chi connectivity index (χ3n) is 1.90. The van der Waals surface area contributed by atoms with Crippen LogP contribution in [-0.2, 0) is 0 Å². The Morgan fingerprint density at radius 2 is 1.50 bits per heavy atom. The van der Waals surface area contributed by atoms with Crippen LogP contribution in [0.4, 0.5) is 0 Å². The average Bonchev–Trinajstić information content (AvgIpc) is 2.21. The summed E-state index contributed by atoms with van der Waals surface area (Å²) < 4.78 is 0. The summed E-state index contributed by atoms with van der Waals surface area (Å²) in [4.78, 5) is 0. The van der Waals surface area contributed by atoms with Crippen LogP contribution in [0.1, 0.15) is 58.6 Å². The number of phenols is 1. The van der Waals surface area contributed by atoms with Gasteiger partial charge in [0.15, 0.2) is 0 Å². The van der Waals surface area contributed by atoms with Crippen molar-refractivity contribution in [1.82, 2.24) is 0 Å². The van der Waals surface area contributed by atoms with Gasteiger partial charge in [0.1, 0.15) is 5.75 Å². The largest absolute Gasteiger partial charge is 0.508 e. The van der Waals surface area contributed by atoms with Gasteiger partial charge in [-0.05, 0) is 36.1 Å². The SMILES string of the molecule is CC.CC.Cc1cc(O)cc(Cl)c1C(C)C. The first kappa shape index (κ1) is 17.7. The van der Waals surface area contributed by atoms with Crippen LogP contribution >= 0.6 is 11.6 Å². The van der Waals surface area contributed by atoms with E-state index in [0.29, 0.717) is 10.9 Å². The Kier molecular flexibility index (Phi) is 10.5. The van der Waals surface area contributed by atoms with E-state index in [1.54, 1.807) is 12.1 Å². The highest BCUT2D eigenvalue weighted by molar-refractivity contribution is 6.31. The number of aryl methyl sites for hydroxylation is 1. The van der Waals surface area contributed by atoms with E-state index < -0.39 is 0 Å². The van der Waals surface area contributed by atoms with Crippen molar-refractivity contribution in [2.75, 3.05) is 0 Å². The quantitative estimate of drug-likeness (QED) is 0.689. The van der Waals surface area contributed by atoms with Gasteiger partial charge in [0.25, 0.3) is 0 Å². The lowest BCUT2D eigenvalue weighted by molar-refractivity contribution is 0.474. The van der Waals surface area contributed by atoms with Crippen molar-refractivity contribution < 1.29 is 5.11 Å². The van der Waals surface area contributed by atoms with Gasteiger partial charge in [-0.1, -0.05) is 53.1 Å². The Hall–Kier alpha value is -0.690. The molecule has 0 aromatic heterocycles. The molecule has 0 aliphatic rings. The summed E-state index contributed by atoms with van der Waals surface area (Å²) in [6.07, 6.45) is 0. The smallest absolute Gasteiger partial charge is 0.117 e. The Labute approximate surface area is 105 Å². The van der Waals surface area contributed by atoms with E-state index in [1.807, 2.05) is 34.6 Å². The lowest BCUT2D eigenvalue weighted by atomic mass is 9.98. The van der Waals surface area contributed by atoms with Gasteiger partial charge in [-0.3, -0.25) is 0 Å². The summed E-state index contributed by atoms with van der Waals surface area (Å²) in [7, 11) is 0. The van der Waals surface area contributed by atoms with E-state index >= 15 is 0 Å². The van der Waals surface area contributed by atoms with Gasteiger partial charge in [0.05, 0.1) is 0 Å². The van der Waals surface area contributed by atoms with E-state index in [1.165, 1.54) is 0 Å². The highest BCUT2D eigenvalue weighted by atomic mass is 35.5. The molecule has 0 aliphatic heterocycles. The summed E-state index contributed by atoms with van der Waals surface area (Å²) in [6.45, 7) is 14.1. The minimum Gasteiger partial charge on any atom is -0.508 e. The summed E-state index contributed by atoms with van der Waals surface area (Å²) in [6, 6.07) is 3.32. The Bertz CT molecular complexity index is 270. The van der Waals surface area contributed by atoms with Gasteiger partial charge in [-0.25, -0.2) is 0 Å². The molecule has 1 nitrogen and oxygen atoms in total. The molecule has 0 saturated heterocycles. The normalized spacial score (nSPS) is 8.81. The number of benzene rings is 1. The van der Waals surface area contributed by atoms with E-state index in [9.17, 15) is 5.11 Å². The molecule has 94 valence electrons. The third kappa shape index (κ3) is 5.41. The fourth-order valence-electron chi connectivity index (χ4n) is 1.47. The van der Waals surface area contributed by atoms with Crippen LogP contribution in [0, 0.1) is 6.92 Å². The summed E-state index contributed by atoms with van der Waals surface area (Å²) in [5.41, 5.74) is 2.17. The number of aromatic hydroxyl groups is 1. The lowest BCUT2D eigenvalue weighted by Crippen LogP contribution is -1.92. The van der Waals surface area contributed by atoms with Crippen LogP contribution in [0.25, 0.3) is 0 Å². The highest BCUT2D eigenvalue weighted by Crippen LogP contribution is 2.30. The third-order valence-corrected chi connectivity index (χ3v) is 2.21. The zero-order valence-corrected chi connectivity index (χ0v) is 12.3. The maximum absolute atomic E-state index is 9.22. The van der Waals surface area contributed by atoms with Gasteiger partial charge < -0.3 is 5.11 Å². The summed E-state index contributed by atoms with van der Waals surface area (Å²) >= 11 is 5.97. The molecule has 2 heteroatoms. The molecular formula is C14H25ClO. The fourth-order valence-corrected chi connectivity index (χ4v) is 1.95. The van der Waals surface area contributed by atoms with Crippen molar-refractivity contribution in [3.63, 3.8) is 0 Å². The van der Waals surface area contributed by atoms with Crippen LogP contribution in [0.3, 0.4) is 0 Å². The number of rotatable bonds is 1. The Morgan fingerprint density at radius 1 is 1.06 bits per heavy atom. The number of hydrogen-bond donors (Lipinski definition) is 1. The first-order valence-electron chi connectivity index (χ1n) is 6.01. The van der Waals surface area contributed by atoms with Crippen molar-refractivity contribution in [3.05, 3.63) is 28.3 Å². The molecular weight excluding hydrogens is 220 g/mol. The molecule has 0 amide bonds. The van der Waals surface area contributed by atoms with Crippen molar-refractivity contribution in [2.45, 2.75) is 54.4 Å². The van der Waals surface area contributed by atoms with Gasteiger partial charge in [0.2, 0.25) is 0 Å². The molecule has 0 atom stereocenters. The molecule has 0 spiro atoms. The molecule has 1 N–H and O–H groups in total. The van der Waals surface area contributed by atoms with E-state index in [-0.39, 0.29) is 5.75 Å². The van der Waals surface area contributed by atoms with Crippen molar-refractivity contribution in [3.8, 4) is 5.75 Å². The summed E-state index contributed by atoms with van der Waals surface area (Å²) in [5.74, 6) is 0.639. The summed E-state index contributed by atoms with van der Waals surface area (Å²) in [5, 5.41) is 9.87. The van der Waals surface area contributed by atoms with Gasteiger partial charge in [0, 0.05) is 5.02 Å². The molecule has 0 bridgehead atoms. The maximum atomic E-state index is 9.22. The molecule has 0 fully saturated rings. The Morgan fingerprint density at radius 3 is 1.81 bits per heavy atom. The zero-order valence-electron chi connectivity index (χ0n) is 11.6. The molecule has 1 aromatic carbocycles. The van der Waals surface area contributed by atoms with Crippen molar-refractivity contribution in [1.29, 1.82) is 0 Å². The second-order valence-electron chi connectivity index (χ2n) is 3.31. The molecule has 0 saturated carbocycles. The highest BCUT2D eigenvalue weighted by Gasteiger charge is 2.09. The van der Waals surface area contributed by atoms with E-state index in [0.717, 1.165) is 11.1 Å². The number of phenolic OH excluding ortho intramolecular Hbond substituents is 1. The maximum Gasteiger partial charge on any atom is 0.117 e. The zero-order chi connectivity index (χ0) is 13.3. The molecule has 16 heavy (non-hydrogen) atoms. The minimum atomic E-state index is 0.238. The molecule has 0 unspecified atom stereocenters. The van der Waals surface area contributed by atoms with Crippen molar-refractivity contribution >= 4 is 11.6 Å². The van der Waals surface area contributed by atoms with E-state index in [4.69, 9.17) is 11.6 Å². The van der Waals surface area contributed by atoms with Gasteiger partial charge in [-0.2, -0.15) is 0 Å². The molecule has 1 aromatic rings. The molecule has 0 aliphatic carbocycles. The van der Waals surface area contributed by atoms with Crippen LogP contribution in [0.2, 0.25) is 5.02 Å². The van der Waals surface area contributed by atoms with Crippen LogP contribution in [-0.4, -0.2) is 5.11 Å². The van der Waals surface area contributed by atoms with Crippen molar-refractivity contribution in [2.24, 2.45) is 0 Å². The van der Waals surface area contributed by atoms with Crippen LogP contribution in [0.15, 0.2) is 12.1 Å². The first-order valence-corrected chi connectivity index (χ1v) is 6.39. The monoisotopic (exact) mass is 244 g/mol. The molecule has 0 radical (unpaired) electrons. The average molecular weight is 245 g/mol. The molecule has 0 heterocycles.